The van der Waals surface area contributed by atoms with Gasteiger partial charge in [0.05, 0.1) is 10.5 Å². The Kier molecular flexibility index (Phi) is 4.09. The van der Waals surface area contributed by atoms with Crippen molar-refractivity contribution in [1.29, 1.82) is 0 Å². The van der Waals surface area contributed by atoms with E-state index in [0.29, 0.717) is 10.5 Å². The summed E-state index contributed by atoms with van der Waals surface area (Å²) in [4.78, 5) is 27.7. The zero-order valence-corrected chi connectivity index (χ0v) is 14.1. The molecule has 0 unspecified atom stereocenters. The van der Waals surface area contributed by atoms with Crippen molar-refractivity contribution in [2.45, 2.75) is 18.7 Å². The van der Waals surface area contributed by atoms with E-state index >= 15 is 0 Å². The molecule has 2 amide bonds. The lowest BCUT2D eigenvalue weighted by molar-refractivity contribution is -0.134. The van der Waals surface area contributed by atoms with Gasteiger partial charge in [0.15, 0.2) is 0 Å². The first-order valence-electron chi connectivity index (χ1n) is 7.36. The minimum Gasteiger partial charge on any atom is -0.277 e. The number of imide groups is 1. The van der Waals surface area contributed by atoms with Gasteiger partial charge in [0.2, 0.25) is 0 Å². The number of hydrogen-bond acceptors (Lipinski definition) is 3. The molecule has 1 aliphatic rings. The molecule has 0 N–H and O–H groups in total. The molecule has 0 radical (unpaired) electrons. The summed E-state index contributed by atoms with van der Waals surface area (Å²) < 4.78 is 0. The fourth-order valence-electron chi connectivity index (χ4n) is 2.65. The number of nitrogens with zero attached hydrogens (tertiary/aromatic N) is 1. The fraction of sp³-hybridized carbons (Fsp3) is 0.158. The zero-order chi connectivity index (χ0) is 16.6. The Hall–Kier alpha value is -2.33. The van der Waals surface area contributed by atoms with E-state index in [2.05, 4.69) is 0 Å². The quantitative estimate of drug-likeness (QED) is 0.806. The van der Waals surface area contributed by atoms with Crippen molar-refractivity contribution >= 4 is 29.1 Å². The summed E-state index contributed by atoms with van der Waals surface area (Å²) in [5.74, 6) is -0.473. The van der Waals surface area contributed by atoms with Crippen molar-refractivity contribution in [3.05, 3.63) is 70.1 Å². The Morgan fingerprint density at radius 2 is 1.61 bits per heavy atom. The standard InChI is InChI=1S/C19H17NO2S/c1-12-9-10-15(13(2)11-12)16-17(19(22)20(3)18(16)21)23-14-7-5-4-6-8-14/h4-11H,1-3H3. The lowest BCUT2D eigenvalue weighted by Crippen LogP contribution is -2.26. The molecule has 0 atom stereocenters. The Bertz CT molecular complexity index is 825. The highest BCUT2D eigenvalue weighted by Gasteiger charge is 2.37. The van der Waals surface area contributed by atoms with Crippen LogP contribution in [0.2, 0.25) is 0 Å². The van der Waals surface area contributed by atoms with Gasteiger partial charge < -0.3 is 0 Å². The summed E-state index contributed by atoms with van der Waals surface area (Å²) in [5, 5.41) is 0. The third kappa shape index (κ3) is 2.82. The van der Waals surface area contributed by atoms with E-state index in [1.165, 1.54) is 23.7 Å². The van der Waals surface area contributed by atoms with Crippen LogP contribution in [0.15, 0.2) is 58.3 Å². The summed E-state index contributed by atoms with van der Waals surface area (Å²) in [6.07, 6.45) is 0. The molecular weight excluding hydrogens is 306 g/mol. The number of benzene rings is 2. The number of thioether (sulfide) groups is 1. The van der Waals surface area contributed by atoms with Crippen LogP contribution >= 0.6 is 11.8 Å². The van der Waals surface area contributed by atoms with Crippen LogP contribution in [0.25, 0.3) is 5.57 Å². The highest BCUT2D eigenvalue weighted by Crippen LogP contribution is 2.39. The van der Waals surface area contributed by atoms with Gasteiger partial charge in [-0.15, -0.1) is 0 Å². The smallest absolute Gasteiger partial charge is 0.268 e. The Balaban J connectivity index is 2.14. The molecule has 3 rings (SSSR count). The maximum Gasteiger partial charge on any atom is 0.268 e. The van der Waals surface area contributed by atoms with E-state index in [1.807, 2.05) is 62.4 Å². The second kappa shape index (κ2) is 6.05. The molecule has 0 saturated heterocycles. The molecule has 4 heteroatoms. The highest BCUT2D eigenvalue weighted by molar-refractivity contribution is 8.04. The second-order valence-electron chi connectivity index (χ2n) is 5.61. The van der Waals surface area contributed by atoms with Crippen LogP contribution < -0.4 is 0 Å². The maximum absolute atomic E-state index is 12.6. The lowest BCUT2D eigenvalue weighted by atomic mass is 9.99. The highest BCUT2D eigenvalue weighted by atomic mass is 32.2. The van der Waals surface area contributed by atoms with Gasteiger partial charge in [-0.1, -0.05) is 53.7 Å². The number of carbonyl (C=O) groups is 2. The van der Waals surface area contributed by atoms with E-state index < -0.39 is 0 Å². The average molecular weight is 323 g/mol. The first kappa shape index (κ1) is 15.6. The van der Waals surface area contributed by atoms with Crippen LogP contribution in [0.3, 0.4) is 0 Å². The van der Waals surface area contributed by atoms with Gasteiger partial charge in [0, 0.05) is 11.9 Å². The summed E-state index contributed by atoms with van der Waals surface area (Å²) in [7, 11) is 1.53. The molecule has 0 bridgehead atoms. The summed E-state index contributed by atoms with van der Waals surface area (Å²) >= 11 is 1.35. The normalized spacial score (nSPS) is 14.8. The Labute approximate surface area is 140 Å². The van der Waals surface area contributed by atoms with Crippen LogP contribution in [0.1, 0.15) is 16.7 Å². The lowest BCUT2D eigenvalue weighted by Gasteiger charge is -2.09. The van der Waals surface area contributed by atoms with E-state index in [1.54, 1.807) is 0 Å². The Morgan fingerprint density at radius 3 is 2.26 bits per heavy atom. The molecule has 0 spiro atoms. The number of carbonyl (C=O) groups excluding carboxylic acids is 2. The van der Waals surface area contributed by atoms with E-state index in [-0.39, 0.29) is 11.8 Å². The van der Waals surface area contributed by atoms with Crippen molar-refractivity contribution in [2.24, 2.45) is 0 Å². The minimum absolute atomic E-state index is 0.236. The van der Waals surface area contributed by atoms with E-state index in [0.717, 1.165) is 21.6 Å². The zero-order valence-electron chi connectivity index (χ0n) is 13.3. The van der Waals surface area contributed by atoms with Crippen molar-refractivity contribution in [3.63, 3.8) is 0 Å². The summed E-state index contributed by atoms with van der Waals surface area (Å²) in [5.41, 5.74) is 3.47. The maximum atomic E-state index is 12.6. The summed E-state index contributed by atoms with van der Waals surface area (Å²) in [6, 6.07) is 15.6. The number of amides is 2. The van der Waals surface area contributed by atoms with Crippen LogP contribution in [0.4, 0.5) is 0 Å². The molecule has 1 aliphatic heterocycles. The van der Waals surface area contributed by atoms with Crippen molar-refractivity contribution < 1.29 is 9.59 Å². The molecule has 23 heavy (non-hydrogen) atoms. The minimum atomic E-state index is -0.237. The van der Waals surface area contributed by atoms with Gasteiger partial charge >= 0.3 is 0 Å². The van der Waals surface area contributed by atoms with Crippen molar-refractivity contribution in [1.82, 2.24) is 4.90 Å². The molecule has 1 heterocycles. The van der Waals surface area contributed by atoms with Gasteiger partial charge in [0.25, 0.3) is 11.8 Å². The van der Waals surface area contributed by atoms with Gasteiger partial charge in [-0.05, 0) is 37.1 Å². The topological polar surface area (TPSA) is 37.4 Å². The fourth-order valence-corrected chi connectivity index (χ4v) is 3.70. The number of rotatable bonds is 3. The van der Waals surface area contributed by atoms with Crippen molar-refractivity contribution in [3.8, 4) is 0 Å². The van der Waals surface area contributed by atoms with E-state index in [4.69, 9.17) is 0 Å². The molecule has 0 fully saturated rings. The monoisotopic (exact) mass is 323 g/mol. The molecule has 0 aromatic heterocycles. The van der Waals surface area contributed by atoms with Crippen molar-refractivity contribution in [2.75, 3.05) is 7.05 Å². The number of likely N-dealkylation sites (N-methyl/N-ethyl adjacent to an activating group) is 1. The van der Waals surface area contributed by atoms with Gasteiger partial charge in [-0.2, -0.15) is 0 Å². The first-order valence-corrected chi connectivity index (χ1v) is 8.18. The second-order valence-corrected chi connectivity index (χ2v) is 6.69. The predicted octanol–water partition coefficient (Wildman–Crippen LogP) is 3.81. The molecule has 0 saturated carbocycles. The van der Waals surface area contributed by atoms with Crippen LogP contribution in [-0.2, 0) is 9.59 Å². The van der Waals surface area contributed by atoms with Gasteiger partial charge in [0.1, 0.15) is 0 Å². The third-order valence-electron chi connectivity index (χ3n) is 3.86. The SMILES string of the molecule is Cc1ccc(C2=C(Sc3ccccc3)C(=O)N(C)C2=O)c(C)c1. The van der Waals surface area contributed by atoms with E-state index in [9.17, 15) is 9.59 Å². The molecular formula is C19H17NO2S. The number of aryl methyl sites for hydroxylation is 2. The van der Waals surface area contributed by atoms with Crippen LogP contribution in [-0.4, -0.2) is 23.8 Å². The largest absolute Gasteiger partial charge is 0.277 e. The molecule has 2 aromatic rings. The van der Waals surface area contributed by atoms with Crippen LogP contribution in [0.5, 0.6) is 0 Å². The molecule has 2 aromatic carbocycles. The third-order valence-corrected chi connectivity index (χ3v) is 4.95. The van der Waals surface area contributed by atoms with Gasteiger partial charge in [-0.25, -0.2) is 0 Å². The molecule has 116 valence electrons. The molecule has 0 aliphatic carbocycles. The molecule has 3 nitrogen and oxygen atoms in total. The average Bonchev–Trinajstić information content (AvgIpc) is 2.74. The van der Waals surface area contributed by atoms with Crippen LogP contribution in [0, 0.1) is 13.8 Å². The Morgan fingerprint density at radius 1 is 0.913 bits per heavy atom. The first-order chi connectivity index (χ1) is 11.0. The predicted molar refractivity (Wildman–Crippen MR) is 92.9 cm³/mol. The summed E-state index contributed by atoms with van der Waals surface area (Å²) in [6.45, 7) is 3.98. The number of hydrogen-bond donors (Lipinski definition) is 0. The van der Waals surface area contributed by atoms with Gasteiger partial charge in [-0.3, -0.25) is 14.5 Å².